The van der Waals surface area contributed by atoms with Crippen molar-refractivity contribution in [2.24, 2.45) is 0 Å². The smallest absolute Gasteiger partial charge is 0.0644 e. The molecule has 0 amide bonds. The van der Waals surface area contributed by atoms with Crippen LogP contribution < -0.4 is 0 Å². The van der Waals surface area contributed by atoms with Crippen molar-refractivity contribution in [2.45, 2.75) is 10.9 Å². The van der Waals surface area contributed by atoms with Gasteiger partial charge in [0.2, 0.25) is 0 Å². The van der Waals surface area contributed by atoms with E-state index in [0.717, 1.165) is 35.4 Å². The van der Waals surface area contributed by atoms with E-state index >= 15 is 0 Å². The molecule has 1 atom stereocenters. The molecule has 1 N–H and O–H groups in total. The molecular formula is C13H17Cl2NO2S. The molecule has 0 aliphatic carbocycles. The van der Waals surface area contributed by atoms with E-state index < -0.39 is 0 Å². The van der Waals surface area contributed by atoms with Gasteiger partial charge in [0.1, 0.15) is 0 Å². The SMILES string of the molecule is OCC1COCCN1CCSc1cc(Cl)ccc1Cl. The highest BCUT2D eigenvalue weighted by Crippen LogP contribution is 2.29. The Hall–Kier alpha value is 0.0300. The van der Waals surface area contributed by atoms with Crippen LogP contribution in [0.3, 0.4) is 0 Å². The zero-order valence-corrected chi connectivity index (χ0v) is 12.8. The van der Waals surface area contributed by atoms with Crippen molar-refractivity contribution in [3.8, 4) is 0 Å². The second kappa shape index (κ2) is 7.72. The fraction of sp³-hybridized carbons (Fsp3) is 0.538. The lowest BCUT2D eigenvalue weighted by Crippen LogP contribution is -2.48. The zero-order chi connectivity index (χ0) is 13.7. The van der Waals surface area contributed by atoms with Gasteiger partial charge in [-0.3, -0.25) is 4.90 Å². The van der Waals surface area contributed by atoms with E-state index in [1.54, 1.807) is 17.8 Å². The molecule has 1 aromatic rings. The number of ether oxygens (including phenoxy) is 1. The van der Waals surface area contributed by atoms with Gasteiger partial charge in [-0.15, -0.1) is 11.8 Å². The summed E-state index contributed by atoms with van der Waals surface area (Å²) in [6.07, 6.45) is 0. The van der Waals surface area contributed by atoms with E-state index in [1.165, 1.54) is 0 Å². The van der Waals surface area contributed by atoms with Crippen molar-refractivity contribution in [1.82, 2.24) is 4.90 Å². The van der Waals surface area contributed by atoms with Crippen molar-refractivity contribution in [1.29, 1.82) is 0 Å². The number of halogens is 2. The molecule has 1 aromatic carbocycles. The van der Waals surface area contributed by atoms with Gasteiger partial charge >= 0.3 is 0 Å². The lowest BCUT2D eigenvalue weighted by molar-refractivity contribution is -0.0243. The van der Waals surface area contributed by atoms with Crippen molar-refractivity contribution in [3.63, 3.8) is 0 Å². The minimum Gasteiger partial charge on any atom is -0.395 e. The van der Waals surface area contributed by atoms with E-state index in [4.69, 9.17) is 27.9 Å². The first kappa shape index (κ1) is 15.4. The van der Waals surface area contributed by atoms with Crippen LogP contribution in [-0.4, -0.2) is 54.7 Å². The fourth-order valence-corrected chi connectivity index (χ4v) is 3.49. The second-order valence-corrected chi connectivity index (χ2v) is 6.35. The maximum Gasteiger partial charge on any atom is 0.0644 e. The molecule has 6 heteroatoms. The van der Waals surface area contributed by atoms with Gasteiger partial charge in [-0.2, -0.15) is 0 Å². The summed E-state index contributed by atoms with van der Waals surface area (Å²) >= 11 is 13.8. The molecule has 1 fully saturated rings. The summed E-state index contributed by atoms with van der Waals surface area (Å²) in [4.78, 5) is 3.26. The highest BCUT2D eigenvalue weighted by atomic mass is 35.5. The molecule has 1 saturated heterocycles. The number of morpholine rings is 1. The summed E-state index contributed by atoms with van der Waals surface area (Å²) in [7, 11) is 0. The van der Waals surface area contributed by atoms with Gasteiger partial charge in [0.05, 0.1) is 30.9 Å². The predicted octanol–water partition coefficient (Wildman–Crippen LogP) is 2.78. The van der Waals surface area contributed by atoms with Crippen molar-refractivity contribution in [3.05, 3.63) is 28.2 Å². The average Bonchev–Trinajstić information content (AvgIpc) is 2.43. The Morgan fingerprint density at radius 3 is 3.05 bits per heavy atom. The minimum absolute atomic E-state index is 0.115. The number of thioether (sulfide) groups is 1. The minimum atomic E-state index is 0.115. The summed E-state index contributed by atoms with van der Waals surface area (Å²) in [6, 6.07) is 5.61. The van der Waals surface area contributed by atoms with Crippen LogP contribution in [0.4, 0.5) is 0 Å². The third-order valence-corrected chi connectivity index (χ3v) is 4.80. The van der Waals surface area contributed by atoms with Gasteiger partial charge in [0.25, 0.3) is 0 Å². The van der Waals surface area contributed by atoms with Crippen LogP contribution in [-0.2, 0) is 4.74 Å². The third-order valence-electron chi connectivity index (χ3n) is 3.09. The van der Waals surface area contributed by atoms with Crippen LogP contribution in [0.25, 0.3) is 0 Å². The normalized spacial score (nSPS) is 20.7. The topological polar surface area (TPSA) is 32.7 Å². The summed E-state index contributed by atoms with van der Waals surface area (Å²) in [5.41, 5.74) is 0. The highest BCUT2D eigenvalue weighted by molar-refractivity contribution is 7.99. The molecule has 1 aliphatic rings. The first-order chi connectivity index (χ1) is 9.20. The van der Waals surface area contributed by atoms with E-state index in [2.05, 4.69) is 4.90 Å². The lowest BCUT2D eigenvalue weighted by Gasteiger charge is -2.34. The van der Waals surface area contributed by atoms with E-state index in [1.807, 2.05) is 12.1 Å². The maximum absolute atomic E-state index is 9.29. The summed E-state index contributed by atoms with van der Waals surface area (Å²) < 4.78 is 5.36. The van der Waals surface area contributed by atoms with Gasteiger partial charge in [-0.05, 0) is 18.2 Å². The van der Waals surface area contributed by atoms with Gasteiger partial charge in [0, 0.05) is 28.8 Å². The average molecular weight is 322 g/mol. The Morgan fingerprint density at radius 1 is 1.42 bits per heavy atom. The number of benzene rings is 1. The number of hydrogen-bond donors (Lipinski definition) is 1. The number of rotatable bonds is 5. The Labute approximate surface area is 127 Å². The fourth-order valence-electron chi connectivity index (χ4n) is 2.01. The van der Waals surface area contributed by atoms with Crippen molar-refractivity contribution in [2.75, 3.05) is 38.7 Å². The molecule has 0 aromatic heterocycles. The molecule has 1 unspecified atom stereocenters. The summed E-state index contributed by atoms with van der Waals surface area (Å²) in [5, 5.41) is 10.7. The Bertz CT molecular complexity index is 420. The van der Waals surface area contributed by atoms with E-state index in [0.29, 0.717) is 11.6 Å². The van der Waals surface area contributed by atoms with Crippen LogP contribution >= 0.6 is 35.0 Å². The Morgan fingerprint density at radius 2 is 2.26 bits per heavy atom. The Balaban J connectivity index is 1.83. The molecule has 106 valence electrons. The number of aliphatic hydroxyl groups is 1. The van der Waals surface area contributed by atoms with Crippen molar-refractivity contribution >= 4 is 35.0 Å². The van der Waals surface area contributed by atoms with Crippen LogP contribution in [0, 0.1) is 0 Å². The number of hydrogen-bond acceptors (Lipinski definition) is 4. The largest absolute Gasteiger partial charge is 0.395 e. The monoisotopic (exact) mass is 321 g/mol. The zero-order valence-electron chi connectivity index (χ0n) is 10.5. The molecule has 1 aliphatic heterocycles. The van der Waals surface area contributed by atoms with E-state index in [9.17, 15) is 5.11 Å². The Kier molecular flexibility index (Phi) is 6.26. The van der Waals surface area contributed by atoms with Crippen molar-refractivity contribution < 1.29 is 9.84 Å². The van der Waals surface area contributed by atoms with Gasteiger partial charge < -0.3 is 9.84 Å². The van der Waals surface area contributed by atoms with Crippen LogP contribution in [0.1, 0.15) is 0 Å². The summed E-state index contributed by atoms with van der Waals surface area (Å²) in [6.45, 7) is 3.26. The molecule has 19 heavy (non-hydrogen) atoms. The molecule has 0 spiro atoms. The third kappa shape index (κ3) is 4.52. The van der Waals surface area contributed by atoms with Gasteiger partial charge in [-0.25, -0.2) is 0 Å². The highest BCUT2D eigenvalue weighted by Gasteiger charge is 2.21. The van der Waals surface area contributed by atoms with Crippen LogP contribution in [0.2, 0.25) is 10.0 Å². The molecule has 2 rings (SSSR count). The number of aliphatic hydroxyl groups excluding tert-OH is 1. The first-order valence-corrected chi connectivity index (χ1v) is 7.95. The second-order valence-electron chi connectivity index (χ2n) is 4.37. The van der Waals surface area contributed by atoms with E-state index in [-0.39, 0.29) is 12.6 Å². The van der Waals surface area contributed by atoms with Crippen LogP contribution in [0.5, 0.6) is 0 Å². The molecule has 0 radical (unpaired) electrons. The van der Waals surface area contributed by atoms with Gasteiger partial charge in [-0.1, -0.05) is 23.2 Å². The molecule has 3 nitrogen and oxygen atoms in total. The predicted molar refractivity (Wildman–Crippen MR) is 80.5 cm³/mol. The number of nitrogens with zero attached hydrogens (tertiary/aromatic N) is 1. The molecular weight excluding hydrogens is 305 g/mol. The lowest BCUT2D eigenvalue weighted by atomic mass is 10.2. The summed E-state index contributed by atoms with van der Waals surface area (Å²) in [5.74, 6) is 0.913. The first-order valence-electron chi connectivity index (χ1n) is 6.21. The standard InChI is InChI=1S/C13H17Cl2NO2S/c14-10-1-2-12(15)13(7-10)19-6-4-16-3-5-18-9-11(16)8-17/h1-2,7,11,17H,3-6,8-9H2. The molecule has 0 bridgehead atoms. The quantitative estimate of drug-likeness (QED) is 0.845. The van der Waals surface area contributed by atoms with Crippen LogP contribution in [0.15, 0.2) is 23.1 Å². The maximum atomic E-state index is 9.29. The molecule has 1 heterocycles. The van der Waals surface area contributed by atoms with Gasteiger partial charge in [0.15, 0.2) is 0 Å². The molecule has 0 saturated carbocycles.